The minimum atomic E-state index is -0.410. The van der Waals surface area contributed by atoms with Crippen LogP contribution in [0.1, 0.15) is 12.8 Å². The van der Waals surface area contributed by atoms with Crippen LogP contribution >= 0.6 is 0 Å². The molecule has 1 unspecified atom stereocenters. The lowest BCUT2D eigenvalue weighted by Gasteiger charge is -2.37. The van der Waals surface area contributed by atoms with Gasteiger partial charge < -0.3 is 14.6 Å². The number of nitrogens with zero attached hydrogens (tertiary/aromatic N) is 4. The fraction of sp³-hybridized carbons (Fsp3) is 0.556. The Labute approximate surface area is 156 Å². The standard InChI is InChI=1S/C18H23N5O4/c24-18-14-8-17(23(25)26)16(9-15(14)19-12-20-18)22-3-1-2-13(11-22)10-21-4-6-27-7-5-21/h8-9,12-13H,1-7,10-11H2,(H,19,20,24). The molecule has 0 amide bonds. The Bertz CT molecular complexity index is 893. The minimum Gasteiger partial charge on any atom is -0.379 e. The zero-order chi connectivity index (χ0) is 18.8. The van der Waals surface area contributed by atoms with Crippen LogP contribution in [0, 0.1) is 16.0 Å². The van der Waals surface area contributed by atoms with Crippen molar-refractivity contribution in [2.45, 2.75) is 12.8 Å². The van der Waals surface area contributed by atoms with E-state index in [1.54, 1.807) is 6.07 Å². The number of aromatic nitrogens is 2. The van der Waals surface area contributed by atoms with Crippen LogP contribution in [0.3, 0.4) is 0 Å². The molecule has 2 aliphatic heterocycles. The molecule has 9 heteroatoms. The summed E-state index contributed by atoms with van der Waals surface area (Å²) in [6, 6.07) is 3.03. The number of ether oxygens (including phenoxy) is 1. The number of nitro groups is 1. The summed E-state index contributed by atoms with van der Waals surface area (Å²) < 4.78 is 5.41. The van der Waals surface area contributed by atoms with Crippen molar-refractivity contribution in [2.24, 2.45) is 5.92 Å². The Hall–Kier alpha value is -2.52. The van der Waals surface area contributed by atoms with E-state index < -0.39 is 4.92 Å². The average Bonchev–Trinajstić information content (AvgIpc) is 2.68. The first-order chi connectivity index (χ1) is 13.1. The Morgan fingerprint density at radius 2 is 2.11 bits per heavy atom. The molecule has 0 radical (unpaired) electrons. The van der Waals surface area contributed by atoms with Gasteiger partial charge in [0.25, 0.3) is 11.2 Å². The van der Waals surface area contributed by atoms with Gasteiger partial charge in [0.1, 0.15) is 5.69 Å². The molecule has 1 aromatic heterocycles. The second kappa shape index (κ2) is 7.61. The molecule has 1 N–H and O–H groups in total. The Balaban J connectivity index is 1.61. The van der Waals surface area contributed by atoms with Gasteiger partial charge in [-0.05, 0) is 24.8 Å². The summed E-state index contributed by atoms with van der Waals surface area (Å²) in [5, 5.41) is 11.9. The molecule has 1 aromatic carbocycles. The largest absolute Gasteiger partial charge is 0.379 e. The molecule has 0 saturated carbocycles. The molecular weight excluding hydrogens is 350 g/mol. The van der Waals surface area contributed by atoms with Crippen LogP contribution in [0.4, 0.5) is 11.4 Å². The number of aromatic amines is 1. The molecule has 2 saturated heterocycles. The van der Waals surface area contributed by atoms with Crippen molar-refractivity contribution in [3.8, 4) is 0 Å². The van der Waals surface area contributed by atoms with E-state index in [1.807, 2.05) is 0 Å². The SMILES string of the molecule is O=c1[nH]cnc2cc(N3CCCC(CN4CCOCC4)C3)c([N+](=O)[O-])cc12. The molecular formula is C18H23N5O4. The number of benzene rings is 1. The van der Waals surface area contributed by atoms with Crippen LogP contribution in [-0.4, -0.2) is 65.7 Å². The molecule has 0 spiro atoms. The number of morpholine rings is 1. The van der Waals surface area contributed by atoms with Gasteiger partial charge in [0, 0.05) is 38.8 Å². The zero-order valence-electron chi connectivity index (χ0n) is 15.1. The van der Waals surface area contributed by atoms with Gasteiger partial charge >= 0.3 is 0 Å². The number of H-pyrrole nitrogens is 1. The third-order valence-electron chi connectivity index (χ3n) is 5.41. The van der Waals surface area contributed by atoms with Gasteiger partial charge in [0.05, 0.1) is 35.4 Å². The smallest absolute Gasteiger partial charge is 0.293 e. The van der Waals surface area contributed by atoms with E-state index in [-0.39, 0.29) is 16.6 Å². The predicted molar refractivity (Wildman–Crippen MR) is 101 cm³/mol. The van der Waals surface area contributed by atoms with E-state index >= 15 is 0 Å². The third-order valence-corrected chi connectivity index (χ3v) is 5.41. The van der Waals surface area contributed by atoms with Crippen molar-refractivity contribution in [3.63, 3.8) is 0 Å². The summed E-state index contributed by atoms with van der Waals surface area (Å²) in [5.74, 6) is 0.458. The van der Waals surface area contributed by atoms with Crippen molar-refractivity contribution >= 4 is 22.3 Å². The molecule has 9 nitrogen and oxygen atoms in total. The fourth-order valence-corrected chi connectivity index (χ4v) is 4.07. The van der Waals surface area contributed by atoms with Gasteiger partial charge in [0.15, 0.2) is 0 Å². The number of hydrogen-bond donors (Lipinski definition) is 1. The summed E-state index contributed by atoms with van der Waals surface area (Å²) in [6.45, 7) is 5.96. The summed E-state index contributed by atoms with van der Waals surface area (Å²) in [7, 11) is 0. The molecule has 0 bridgehead atoms. The average molecular weight is 373 g/mol. The molecule has 4 rings (SSSR count). The fourth-order valence-electron chi connectivity index (χ4n) is 4.07. The van der Waals surface area contributed by atoms with E-state index in [4.69, 9.17) is 4.74 Å². The Morgan fingerprint density at radius 1 is 1.30 bits per heavy atom. The normalized spacial score (nSPS) is 21.5. The van der Waals surface area contributed by atoms with E-state index in [2.05, 4.69) is 19.8 Å². The van der Waals surface area contributed by atoms with Crippen molar-refractivity contribution in [1.29, 1.82) is 0 Å². The highest BCUT2D eigenvalue weighted by molar-refractivity contribution is 5.87. The quantitative estimate of drug-likeness (QED) is 0.638. The molecule has 2 aromatic rings. The van der Waals surface area contributed by atoms with Gasteiger partial charge in [-0.1, -0.05) is 0 Å². The van der Waals surface area contributed by atoms with Crippen molar-refractivity contribution in [1.82, 2.24) is 14.9 Å². The minimum absolute atomic E-state index is 0.0342. The number of fused-ring (bicyclic) bond motifs is 1. The Morgan fingerprint density at radius 3 is 2.89 bits per heavy atom. The van der Waals surface area contributed by atoms with Crippen LogP contribution < -0.4 is 10.5 Å². The second-order valence-corrected chi connectivity index (χ2v) is 7.21. The molecule has 2 fully saturated rings. The van der Waals surface area contributed by atoms with Gasteiger partial charge in [-0.2, -0.15) is 0 Å². The molecule has 0 aliphatic carbocycles. The predicted octanol–water partition coefficient (Wildman–Crippen LogP) is 1.38. The van der Waals surface area contributed by atoms with Crippen LogP contribution in [-0.2, 0) is 4.74 Å². The maximum absolute atomic E-state index is 12.0. The number of hydrogen-bond acceptors (Lipinski definition) is 7. The van der Waals surface area contributed by atoms with E-state index in [1.165, 1.54) is 12.4 Å². The van der Waals surface area contributed by atoms with E-state index in [9.17, 15) is 14.9 Å². The Kier molecular flexibility index (Phi) is 5.04. The first-order valence-electron chi connectivity index (χ1n) is 9.32. The molecule has 3 heterocycles. The first-order valence-corrected chi connectivity index (χ1v) is 9.32. The van der Waals surface area contributed by atoms with Gasteiger partial charge in [-0.3, -0.25) is 19.8 Å². The van der Waals surface area contributed by atoms with Crippen molar-refractivity contribution in [2.75, 3.05) is 50.8 Å². The van der Waals surface area contributed by atoms with Crippen LogP contribution in [0.25, 0.3) is 10.9 Å². The summed E-state index contributed by atoms with van der Waals surface area (Å²) >= 11 is 0. The lowest BCUT2D eigenvalue weighted by molar-refractivity contribution is -0.384. The zero-order valence-corrected chi connectivity index (χ0v) is 15.1. The lowest BCUT2D eigenvalue weighted by Crippen LogP contribution is -2.44. The molecule has 1 atom stereocenters. The first kappa shape index (κ1) is 17.9. The van der Waals surface area contributed by atoms with Crippen molar-refractivity contribution < 1.29 is 9.66 Å². The summed E-state index contributed by atoms with van der Waals surface area (Å²) in [5.41, 5.74) is 0.637. The summed E-state index contributed by atoms with van der Waals surface area (Å²) in [6.07, 6.45) is 3.44. The van der Waals surface area contributed by atoms with Gasteiger partial charge in [0.2, 0.25) is 0 Å². The molecule has 2 aliphatic rings. The number of nitro benzene ring substituents is 1. The van der Waals surface area contributed by atoms with Gasteiger partial charge in [-0.15, -0.1) is 0 Å². The van der Waals surface area contributed by atoms with Crippen LogP contribution in [0.15, 0.2) is 23.3 Å². The van der Waals surface area contributed by atoms with E-state index in [0.717, 1.165) is 58.8 Å². The van der Waals surface area contributed by atoms with Crippen LogP contribution in [0.5, 0.6) is 0 Å². The van der Waals surface area contributed by atoms with Crippen molar-refractivity contribution in [3.05, 3.63) is 38.9 Å². The highest BCUT2D eigenvalue weighted by Crippen LogP contribution is 2.34. The van der Waals surface area contributed by atoms with Gasteiger partial charge in [-0.25, -0.2) is 4.98 Å². The topological polar surface area (TPSA) is 105 Å². The highest BCUT2D eigenvalue weighted by Gasteiger charge is 2.28. The summed E-state index contributed by atoms with van der Waals surface area (Å²) in [4.78, 5) is 34.3. The maximum Gasteiger partial charge on any atom is 0.293 e. The number of nitrogens with one attached hydrogen (secondary N) is 1. The molecule has 144 valence electrons. The van der Waals surface area contributed by atoms with Crippen LogP contribution in [0.2, 0.25) is 0 Å². The number of rotatable bonds is 4. The third kappa shape index (κ3) is 3.79. The van der Waals surface area contributed by atoms with E-state index in [0.29, 0.717) is 17.1 Å². The highest BCUT2D eigenvalue weighted by atomic mass is 16.6. The molecule has 27 heavy (non-hydrogen) atoms. The maximum atomic E-state index is 12.0. The monoisotopic (exact) mass is 373 g/mol. The second-order valence-electron chi connectivity index (χ2n) is 7.21. The lowest BCUT2D eigenvalue weighted by atomic mass is 9.96. The number of anilines is 1. The number of piperidine rings is 1.